The Balaban J connectivity index is 2.37. The maximum atomic E-state index is 3.46. The fourth-order valence-electron chi connectivity index (χ4n) is 1.44. The van der Waals surface area contributed by atoms with Gasteiger partial charge in [-0.05, 0) is 57.7 Å². The third kappa shape index (κ3) is 4.67. The summed E-state index contributed by atoms with van der Waals surface area (Å²) < 4.78 is 1.14. The molecule has 1 aromatic rings. The summed E-state index contributed by atoms with van der Waals surface area (Å²) >= 11 is 3.46. The van der Waals surface area contributed by atoms with E-state index in [0.29, 0.717) is 0 Å². The van der Waals surface area contributed by atoms with E-state index in [9.17, 15) is 0 Å². The number of nitrogens with one attached hydrogen (secondary N) is 1. The van der Waals surface area contributed by atoms with Gasteiger partial charge in [-0.25, -0.2) is 0 Å². The molecule has 0 saturated carbocycles. The molecular weight excluding hydrogens is 252 g/mol. The van der Waals surface area contributed by atoms with Crippen molar-refractivity contribution >= 4 is 21.6 Å². The van der Waals surface area contributed by atoms with E-state index >= 15 is 0 Å². The second-order valence-electron chi connectivity index (χ2n) is 4.04. The Morgan fingerprint density at radius 1 is 1.33 bits per heavy atom. The summed E-state index contributed by atoms with van der Waals surface area (Å²) in [5, 5.41) is 3.45. The van der Waals surface area contributed by atoms with E-state index in [1.165, 1.54) is 17.7 Å². The molecule has 84 valence electrons. The lowest BCUT2D eigenvalue weighted by Crippen LogP contribution is -2.16. The SMILES string of the molecule is Cc1cc(Br)ccc1NCCCN(C)C. The van der Waals surface area contributed by atoms with E-state index < -0.39 is 0 Å². The van der Waals surface area contributed by atoms with Crippen LogP contribution >= 0.6 is 15.9 Å². The molecule has 3 heteroatoms. The highest BCUT2D eigenvalue weighted by atomic mass is 79.9. The molecule has 0 fully saturated rings. The van der Waals surface area contributed by atoms with Gasteiger partial charge in [-0.1, -0.05) is 15.9 Å². The lowest BCUT2D eigenvalue weighted by Gasteiger charge is -2.12. The molecule has 1 aromatic carbocycles. The van der Waals surface area contributed by atoms with Gasteiger partial charge < -0.3 is 10.2 Å². The lowest BCUT2D eigenvalue weighted by molar-refractivity contribution is 0.405. The van der Waals surface area contributed by atoms with E-state index in [1.807, 2.05) is 0 Å². The molecule has 0 aromatic heterocycles. The van der Waals surface area contributed by atoms with Crippen molar-refractivity contribution < 1.29 is 0 Å². The van der Waals surface area contributed by atoms with Crippen molar-refractivity contribution in [2.75, 3.05) is 32.5 Å². The van der Waals surface area contributed by atoms with Gasteiger partial charge in [0, 0.05) is 16.7 Å². The Labute approximate surface area is 101 Å². The minimum atomic E-state index is 1.03. The highest BCUT2D eigenvalue weighted by Gasteiger charge is 1.98. The quantitative estimate of drug-likeness (QED) is 0.828. The number of halogens is 1. The van der Waals surface area contributed by atoms with Gasteiger partial charge in [-0.15, -0.1) is 0 Å². The number of rotatable bonds is 5. The van der Waals surface area contributed by atoms with Gasteiger partial charge in [0.2, 0.25) is 0 Å². The van der Waals surface area contributed by atoms with Crippen LogP contribution in [0.1, 0.15) is 12.0 Å². The fourth-order valence-corrected chi connectivity index (χ4v) is 1.92. The first-order valence-electron chi connectivity index (χ1n) is 5.24. The second-order valence-corrected chi connectivity index (χ2v) is 4.96. The van der Waals surface area contributed by atoms with Crippen LogP contribution in [-0.4, -0.2) is 32.1 Å². The summed E-state index contributed by atoms with van der Waals surface area (Å²) in [5.74, 6) is 0. The van der Waals surface area contributed by atoms with Gasteiger partial charge in [0.25, 0.3) is 0 Å². The predicted octanol–water partition coefficient (Wildman–Crippen LogP) is 3.12. The Bertz CT molecular complexity index is 310. The van der Waals surface area contributed by atoms with Gasteiger partial charge in [-0.3, -0.25) is 0 Å². The zero-order valence-electron chi connectivity index (χ0n) is 9.68. The molecule has 0 saturated heterocycles. The van der Waals surface area contributed by atoms with E-state index in [-0.39, 0.29) is 0 Å². The van der Waals surface area contributed by atoms with Gasteiger partial charge in [0.05, 0.1) is 0 Å². The maximum Gasteiger partial charge on any atom is 0.0370 e. The van der Waals surface area contributed by atoms with Crippen LogP contribution < -0.4 is 5.32 Å². The topological polar surface area (TPSA) is 15.3 Å². The number of hydrogen-bond acceptors (Lipinski definition) is 2. The summed E-state index contributed by atoms with van der Waals surface area (Å²) in [7, 11) is 4.20. The van der Waals surface area contributed by atoms with Crippen LogP contribution in [0, 0.1) is 6.92 Å². The molecule has 15 heavy (non-hydrogen) atoms. The lowest BCUT2D eigenvalue weighted by atomic mass is 10.2. The predicted molar refractivity (Wildman–Crippen MR) is 70.5 cm³/mol. The molecule has 0 radical (unpaired) electrons. The van der Waals surface area contributed by atoms with Crippen molar-refractivity contribution in [3.63, 3.8) is 0 Å². The number of benzene rings is 1. The molecule has 1 rings (SSSR count). The van der Waals surface area contributed by atoms with Gasteiger partial charge in [0.1, 0.15) is 0 Å². The molecule has 0 spiro atoms. The van der Waals surface area contributed by atoms with Gasteiger partial charge in [0.15, 0.2) is 0 Å². The van der Waals surface area contributed by atoms with Crippen LogP contribution in [0.2, 0.25) is 0 Å². The minimum Gasteiger partial charge on any atom is -0.385 e. The molecule has 2 nitrogen and oxygen atoms in total. The Kier molecular flexibility index (Phi) is 5.12. The smallest absolute Gasteiger partial charge is 0.0370 e. The zero-order chi connectivity index (χ0) is 11.3. The summed E-state index contributed by atoms with van der Waals surface area (Å²) in [6.45, 7) is 4.28. The van der Waals surface area contributed by atoms with Crippen molar-refractivity contribution in [3.05, 3.63) is 28.2 Å². The molecule has 0 bridgehead atoms. The molecule has 0 aliphatic heterocycles. The number of hydrogen-bond donors (Lipinski definition) is 1. The van der Waals surface area contributed by atoms with Crippen LogP contribution in [0.5, 0.6) is 0 Å². The van der Waals surface area contributed by atoms with Crippen molar-refractivity contribution in [2.45, 2.75) is 13.3 Å². The van der Waals surface area contributed by atoms with Crippen LogP contribution in [0.25, 0.3) is 0 Å². The summed E-state index contributed by atoms with van der Waals surface area (Å²) in [6, 6.07) is 6.32. The average Bonchev–Trinajstić information content (AvgIpc) is 2.14. The Morgan fingerprint density at radius 3 is 2.67 bits per heavy atom. The van der Waals surface area contributed by atoms with E-state index in [1.54, 1.807) is 0 Å². The van der Waals surface area contributed by atoms with Crippen molar-refractivity contribution in [2.24, 2.45) is 0 Å². The molecule has 0 amide bonds. The zero-order valence-corrected chi connectivity index (χ0v) is 11.3. The second kappa shape index (κ2) is 6.13. The Morgan fingerprint density at radius 2 is 2.07 bits per heavy atom. The van der Waals surface area contributed by atoms with Crippen LogP contribution in [0.15, 0.2) is 22.7 Å². The molecular formula is C12H19BrN2. The van der Waals surface area contributed by atoms with E-state index in [0.717, 1.165) is 17.6 Å². The normalized spacial score (nSPS) is 10.7. The van der Waals surface area contributed by atoms with Crippen LogP contribution in [0.3, 0.4) is 0 Å². The first-order valence-corrected chi connectivity index (χ1v) is 6.03. The van der Waals surface area contributed by atoms with Crippen molar-refractivity contribution in [3.8, 4) is 0 Å². The minimum absolute atomic E-state index is 1.03. The Hall–Kier alpha value is -0.540. The van der Waals surface area contributed by atoms with Crippen LogP contribution in [0.4, 0.5) is 5.69 Å². The molecule has 1 N–H and O–H groups in total. The highest BCUT2D eigenvalue weighted by Crippen LogP contribution is 2.19. The van der Waals surface area contributed by atoms with Crippen molar-refractivity contribution in [1.82, 2.24) is 4.90 Å². The number of nitrogens with zero attached hydrogens (tertiary/aromatic N) is 1. The number of aryl methyl sites for hydroxylation is 1. The highest BCUT2D eigenvalue weighted by molar-refractivity contribution is 9.10. The molecule has 0 unspecified atom stereocenters. The molecule has 0 aliphatic carbocycles. The van der Waals surface area contributed by atoms with Gasteiger partial charge in [-0.2, -0.15) is 0 Å². The van der Waals surface area contributed by atoms with Crippen LogP contribution in [-0.2, 0) is 0 Å². The van der Waals surface area contributed by atoms with Crippen molar-refractivity contribution in [1.29, 1.82) is 0 Å². The molecule has 0 heterocycles. The monoisotopic (exact) mass is 270 g/mol. The first-order chi connectivity index (χ1) is 7.09. The third-order valence-corrected chi connectivity index (χ3v) is 2.78. The number of anilines is 1. The fraction of sp³-hybridized carbons (Fsp3) is 0.500. The van der Waals surface area contributed by atoms with Gasteiger partial charge >= 0.3 is 0 Å². The molecule has 0 atom stereocenters. The largest absolute Gasteiger partial charge is 0.385 e. The molecule has 0 aliphatic rings. The average molecular weight is 271 g/mol. The summed E-state index contributed by atoms with van der Waals surface area (Å²) in [6.07, 6.45) is 1.17. The van der Waals surface area contributed by atoms with E-state index in [4.69, 9.17) is 0 Å². The third-order valence-electron chi connectivity index (χ3n) is 2.29. The summed E-state index contributed by atoms with van der Waals surface area (Å²) in [5.41, 5.74) is 2.52. The first kappa shape index (κ1) is 12.5. The summed E-state index contributed by atoms with van der Waals surface area (Å²) in [4.78, 5) is 2.20. The van der Waals surface area contributed by atoms with E-state index in [2.05, 4.69) is 65.4 Å². The maximum absolute atomic E-state index is 3.46. The standard InChI is InChI=1S/C12H19BrN2/c1-10-9-11(13)5-6-12(10)14-7-4-8-15(2)3/h5-6,9,14H,4,7-8H2,1-3H3.